The van der Waals surface area contributed by atoms with Crippen LogP contribution in [0.5, 0.6) is 0 Å². The number of hydrogen-bond donors (Lipinski definition) is 2. The molecule has 0 radical (unpaired) electrons. The molecule has 0 saturated heterocycles. The summed E-state index contributed by atoms with van der Waals surface area (Å²) in [6.07, 6.45) is 1.56. The van der Waals surface area contributed by atoms with Gasteiger partial charge in [0.05, 0.1) is 12.1 Å². The molecule has 2 aromatic rings. The number of carboxylic acid groups (broad SMARTS) is 1. The molecule has 0 aliphatic rings. The first-order valence-corrected chi connectivity index (χ1v) is 4.73. The lowest BCUT2D eigenvalue weighted by atomic mass is 10.1. The van der Waals surface area contributed by atoms with Gasteiger partial charge < -0.3 is 10.2 Å². The van der Waals surface area contributed by atoms with E-state index in [4.69, 9.17) is 5.11 Å². The van der Waals surface area contributed by atoms with Crippen molar-refractivity contribution >= 4 is 5.97 Å². The topological polar surface area (TPSA) is 75.1 Å². The van der Waals surface area contributed by atoms with Crippen LogP contribution in [0.15, 0.2) is 41.3 Å². The normalized spacial score (nSPS) is 10.2. The van der Waals surface area contributed by atoms with Gasteiger partial charge in [0.2, 0.25) is 0 Å². The molecule has 5 nitrogen and oxygen atoms in total. The smallest absolute Gasteiger partial charge is 0.335 e. The third kappa shape index (κ3) is 2.03. The lowest BCUT2D eigenvalue weighted by Gasteiger charge is -2.02. The summed E-state index contributed by atoms with van der Waals surface area (Å²) in [5.74, 6) is -0.955. The summed E-state index contributed by atoms with van der Waals surface area (Å²) in [5.41, 5.74) is 0.999. The zero-order valence-corrected chi connectivity index (χ0v) is 8.38. The average Bonchev–Trinajstić information content (AvgIpc) is 2.65. The van der Waals surface area contributed by atoms with Crippen molar-refractivity contribution in [3.8, 4) is 0 Å². The van der Waals surface area contributed by atoms with Crippen LogP contribution < -0.4 is 5.56 Å². The highest BCUT2D eigenvalue weighted by Crippen LogP contribution is 2.05. The van der Waals surface area contributed by atoms with Crippen molar-refractivity contribution in [3.05, 3.63) is 58.0 Å². The Morgan fingerprint density at radius 3 is 2.44 bits per heavy atom. The monoisotopic (exact) mass is 218 g/mol. The maximum Gasteiger partial charge on any atom is 0.335 e. The van der Waals surface area contributed by atoms with E-state index in [1.807, 2.05) is 0 Å². The van der Waals surface area contributed by atoms with Crippen molar-refractivity contribution in [2.24, 2.45) is 0 Å². The van der Waals surface area contributed by atoms with Gasteiger partial charge in [-0.05, 0) is 17.7 Å². The number of nitrogens with one attached hydrogen (secondary N) is 1. The Morgan fingerprint density at radius 2 is 1.94 bits per heavy atom. The fraction of sp³-hybridized carbons (Fsp3) is 0.0909. The molecule has 16 heavy (non-hydrogen) atoms. The summed E-state index contributed by atoms with van der Waals surface area (Å²) in [4.78, 5) is 21.9. The van der Waals surface area contributed by atoms with E-state index in [1.54, 1.807) is 18.3 Å². The number of nitrogens with zero attached hydrogens (tertiary/aromatic N) is 1. The molecule has 2 N–H and O–H groups in total. The number of rotatable bonds is 3. The molecule has 1 aromatic carbocycles. The quantitative estimate of drug-likeness (QED) is 0.804. The third-order valence-corrected chi connectivity index (χ3v) is 2.26. The van der Waals surface area contributed by atoms with Gasteiger partial charge in [-0.2, -0.15) is 0 Å². The number of hydrogen-bond acceptors (Lipinski definition) is 2. The Labute approximate surface area is 90.9 Å². The van der Waals surface area contributed by atoms with Gasteiger partial charge in [0.15, 0.2) is 0 Å². The largest absolute Gasteiger partial charge is 0.478 e. The second-order valence-corrected chi connectivity index (χ2v) is 3.39. The zero-order valence-electron chi connectivity index (χ0n) is 8.38. The van der Waals surface area contributed by atoms with Gasteiger partial charge in [0.25, 0.3) is 5.56 Å². The summed E-state index contributed by atoms with van der Waals surface area (Å²) in [6, 6.07) is 7.86. The van der Waals surface area contributed by atoms with Gasteiger partial charge in [-0.1, -0.05) is 12.1 Å². The maximum absolute atomic E-state index is 11.2. The number of aromatic nitrogens is 2. The van der Waals surface area contributed by atoms with Crippen LogP contribution in [0.2, 0.25) is 0 Å². The van der Waals surface area contributed by atoms with Crippen LogP contribution in [-0.2, 0) is 6.54 Å². The van der Waals surface area contributed by atoms with Crippen LogP contribution >= 0.6 is 0 Å². The highest BCUT2D eigenvalue weighted by atomic mass is 16.4. The minimum absolute atomic E-state index is 0.109. The van der Waals surface area contributed by atoms with Crippen LogP contribution in [0.1, 0.15) is 15.9 Å². The van der Waals surface area contributed by atoms with E-state index in [1.165, 1.54) is 22.9 Å². The molecule has 1 heterocycles. The Kier molecular flexibility index (Phi) is 2.59. The first kappa shape index (κ1) is 10.2. The van der Waals surface area contributed by atoms with Crippen molar-refractivity contribution < 1.29 is 9.90 Å². The number of benzene rings is 1. The third-order valence-electron chi connectivity index (χ3n) is 2.26. The highest BCUT2D eigenvalue weighted by Gasteiger charge is 2.02. The van der Waals surface area contributed by atoms with Gasteiger partial charge in [0, 0.05) is 12.3 Å². The standard InChI is InChI=1S/C11H10N2O3/c14-10-5-6-12-13(10)7-8-1-3-9(4-2-8)11(15)16/h1-6,12H,7H2,(H,15,16). The van der Waals surface area contributed by atoms with E-state index in [0.717, 1.165) is 5.56 Å². The maximum atomic E-state index is 11.2. The second-order valence-electron chi connectivity index (χ2n) is 3.39. The van der Waals surface area contributed by atoms with Crippen LogP contribution in [0.25, 0.3) is 0 Å². The second kappa shape index (κ2) is 4.06. The Balaban J connectivity index is 2.20. The molecule has 0 atom stereocenters. The van der Waals surface area contributed by atoms with Crippen LogP contribution in [-0.4, -0.2) is 20.9 Å². The summed E-state index contributed by atoms with van der Waals surface area (Å²) < 4.78 is 1.44. The highest BCUT2D eigenvalue weighted by molar-refractivity contribution is 5.87. The van der Waals surface area contributed by atoms with Crippen molar-refractivity contribution in [2.75, 3.05) is 0 Å². The van der Waals surface area contributed by atoms with Crippen LogP contribution in [0, 0.1) is 0 Å². The predicted octanol–water partition coefficient (Wildman–Crippen LogP) is 0.923. The fourth-order valence-corrected chi connectivity index (χ4v) is 1.41. The lowest BCUT2D eigenvalue weighted by Crippen LogP contribution is -2.16. The molecular formula is C11H10N2O3. The SMILES string of the molecule is O=C(O)c1ccc(Cn2[nH]ccc2=O)cc1. The summed E-state index contributed by atoms with van der Waals surface area (Å²) in [7, 11) is 0. The zero-order chi connectivity index (χ0) is 11.5. The fourth-order valence-electron chi connectivity index (χ4n) is 1.41. The molecule has 0 aliphatic heterocycles. The first-order chi connectivity index (χ1) is 7.66. The van der Waals surface area contributed by atoms with E-state index in [2.05, 4.69) is 5.10 Å². The molecule has 0 spiro atoms. The van der Waals surface area contributed by atoms with Gasteiger partial charge in [-0.3, -0.25) is 4.79 Å². The number of H-pyrrole nitrogens is 1. The molecule has 0 unspecified atom stereocenters. The lowest BCUT2D eigenvalue weighted by molar-refractivity contribution is 0.0697. The summed E-state index contributed by atoms with van der Waals surface area (Å²) in [6.45, 7) is 0.408. The van der Waals surface area contributed by atoms with Gasteiger partial charge in [-0.25, -0.2) is 9.48 Å². The number of carboxylic acids is 1. The van der Waals surface area contributed by atoms with Gasteiger partial charge >= 0.3 is 5.97 Å². The number of aromatic amines is 1. The molecule has 5 heteroatoms. The average molecular weight is 218 g/mol. The number of aromatic carboxylic acids is 1. The molecule has 82 valence electrons. The Hall–Kier alpha value is -2.30. The Morgan fingerprint density at radius 1 is 1.25 bits per heavy atom. The van der Waals surface area contributed by atoms with Crippen molar-refractivity contribution in [1.82, 2.24) is 9.78 Å². The first-order valence-electron chi connectivity index (χ1n) is 4.73. The van der Waals surface area contributed by atoms with Crippen molar-refractivity contribution in [3.63, 3.8) is 0 Å². The van der Waals surface area contributed by atoms with E-state index < -0.39 is 5.97 Å². The minimum Gasteiger partial charge on any atom is -0.478 e. The van der Waals surface area contributed by atoms with E-state index in [9.17, 15) is 9.59 Å². The predicted molar refractivity (Wildman–Crippen MR) is 57.6 cm³/mol. The van der Waals surface area contributed by atoms with Gasteiger partial charge in [0.1, 0.15) is 0 Å². The molecule has 0 aliphatic carbocycles. The van der Waals surface area contributed by atoms with Gasteiger partial charge in [-0.15, -0.1) is 0 Å². The minimum atomic E-state index is -0.955. The molecule has 0 fully saturated rings. The van der Waals surface area contributed by atoms with E-state index in [0.29, 0.717) is 6.54 Å². The molecule has 0 saturated carbocycles. The van der Waals surface area contributed by atoms with Crippen LogP contribution in [0.4, 0.5) is 0 Å². The Bertz CT molecular complexity index is 551. The number of carbonyl (C=O) groups is 1. The molecule has 0 bridgehead atoms. The summed E-state index contributed by atoms with van der Waals surface area (Å²) in [5, 5.41) is 11.5. The molecule has 1 aromatic heterocycles. The molecule has 2 rings (SSSR count). The summed E-state index contributed by atoms with van der Waals surface area (Å²) >= 11 is 0. The van der Waals surface area contributed by atoms with E-state index >= 15 is 0 Å². The van der Waals surface area contributed by atoms with E-state index in [-0.39, 0.29) is 11.1 Å². The van der Waals surface area contributed by atoms with Crippen LogP contribution in [0.3, 0.4) is 0 Å². The van der Waals surface area contributed by atoms with Crippen molar-refractivity contribution in [1.29, 1.82) is 0 Å². The molecule has 0 amide bonds. The molecular weight excluding hydrogens is 208 g/mol. The van der Waals surface area contributed by atoms with Crippen molar-refractivity contribution in [2.45, 2.75) is 6.54 Å².